The Morgan fingerprint density at radius 2 is 1.94 bits per heavy atom. The van der Waals surface area contributed by atoms with Crippen LogP contribution in [0.4, 0.5) is 0 Å². The van der Waals surface area contributed by atoms with Crippen molar-refractivity contribution in [2.45, 2.75) is 53.0 Å². The summed E-state index contributed by atoms with van der Waals surface area (Å²) in [6, 6.07) is 0.873. The summed E-state index contributed by atoms with van der Waals surface area (Å²) in [6.07, 6.45) is 4.23. The molecule has 0 radical (unpaired) electrons. The van der Waals surface area contributed by atoms with E-state index < -0.39 is 0 Å². The molecule has 2 unspecified atom stereocenters. The lowest BCUT2D eigenvalue weighted by molar-refractivity contribution is 0.179. The maximum atomic E-state index is 3.68. The highest BCUT2D eigenvalue weighted by molar-refractivity contribution is 4.85. The number of likely N-dealkylation sites (tertiary alicyclic amines) is 1. The first-order valence-corrected chi connectivity index (χ1v) is 7.41. The lowest BCUT2D eigenvalue weighted by Crippen LogP contribution is -2.33. The zero-order valence-corrected chi connectivity index (χ0v) is 12.1. The molecule has 0 aromatic carbocycles. The molecular weight excluding hydrogens is 208 g/mol. The van der Waals surface area contributed by atoms with Crippen molar-refractivity contribution in [3.63, 3.8) is 0 Å². The molecule has 2 heteroatoms. The molecule has 0 aromatic rings. The first-order chi connectivity index (χ1) is 7.95. The molecule has 1 heterocycles. The summed E-state index contributed by atoms with van der Waals surface area (Å²) in [5, 5.41) is 3.68. The predicted molar refractivity (Wildman–Crippen MR) is 74.2 cm³/mol. The van der Waals surface area contributed by atoms with E-state index >= 15 is 0 Å². The van der Waals surface area contributed by atoms with E-state index in [1.807, 2.05) is 0 Å². The molecule has 2 fully saturated rings. The molecule has 0 bridgehead atoms. The summed E-state index contributed by atoms with van der Waals surface area (Å²) >= 11 is 0. The summed E-state index contributed by atoms with van der Waals surface area (Å²) in [5.41, 5.74) is 0.449. The van der Waals surface area contributed by atoms with E-state index in [0.717, 1.165) is 17.9 Å². The third-order valence-electron chi connectivity index (χ3n) is 4.65. The van der Waals surface area contributed by atoms with Crippen LogP contribution in [0.5, 0.6) is 0 Å². The second kappa shape index (κ2) is 5.27. The van der Waals surface area contributed by atoms with Crippen LogP contribution >= 0.6 is 0 Å². The van der Waals surface area contributed by atoms with Crippen molar-refractivity contribution in [3.8, 4) is 0 Å². The van der Waals surface area contributed by atoms with Crippen LogP contribution in [0.1, 0.15) is 47.0 Å². The average molecular weight is 238 g/mol. The standard InChI is InChI=1S/C15H30N2/c1-12(15(2,3)4)10-17-8-7-13(11-17)9-16-14-5-6-14/h12-14,16H,5-11H2,1-4H3. The molecule has 0 spiro atoms. The van der Waals surface area contributed by atoms with Crippen molar-refractivity contribution in [1.82, 2.24) is 10.2 Å². The summed E-state index contributed by atoms with van der Waals surface area (Å²) < 4.78 is 0. The highest BCUT2D eigenvalue weighted by Crippen LogP contribution is 2.28. The molecule has 1 N–H and O–H groups in total. The smallest absolute Gasteiger partial charge is 0.00683 e. The minimum atomic E-state index is 0.449. The number of nitrogens with zero attached hydrogens (tertiary/aromatic N) is 1. The Bertz CT molecular complexity index is 240. The Hall–Kier alpha value is -0.0800. The maximum absolute atomic E-state index is 3.68. The number of hydrogen-bond acceptors (Lipinski definition) is 2. The van der Waals surface area contributed by atoms with Gasteiger partial charge >= 0.3 is 0 Å². The maximum Gasteiger partial charge on any atom is 0.00683 e. The van der Waals surface area contributed by atoms with E-state index in [-0.39, 0.29) is 0 Å². The summed E-state index contributed by atoms with van der Waals surface area (Å²) in [4.78, 5) is 2.68. The fourth-order valence-electron chi connectivity index (χ4n) is 2.53. The van der Waals surface area contributed by atoms with Crippen LogP contribution < -0.4 is 5.32 Å². The quantitative estimate of drug-likeness (QED) is 0.792. The zero-order valence-electron chi connectivity index (χ0n) is 12.1. The molecule has 0 aromatic heterocycles. The molecule has 2 aliphatic rings. The van der Waals surface area contributed by atoms with Gasteiger partial charge in [-0.05, 0) is 49.6 Å². The Labute approximate surface area is 107 Å². The largest absolute Gasteiger partial charge is 0.314 e. The van der Waals surface area contributed by atoms with Gasteiger partial charge in [-0.15, -0.1) is 0 Å². The normalized spacial score (nSPS) is 28.6. The highest BCUT2D eigenvalue weighted by atomic mass is 15.2. The van der Waals surface area contributed by atoms with E-state index in [1.165, 1.54) is 45.4 Å². The lowest BCUT2D eigenvalue weighted by Gasteiger charge is -2.31. The van der Waals surface area contributed by atoms with Crippen molar-refractivity contribution in [2.24, 2.45) is 17.3 Å². The molecule has 100 valence electrons. The van der Waals surface area contributed by atoms with Crippen LogP contribution in [0.25, 0.3) is 0 Å². The van der Waals surface area contributed by atoms with Crippen molar-refractivity contribution < 1.29 is 0 Å². The van der Waals surface area contributed by atoms with Gasteiger partial charge in [-0.3, -0.25) is 0 Å². The van der Waals surface area contributed by atoms with Gasteiger partial charge in [-0.25, -0.2) is 0 Å². The predicted octanol–water partition coefficient (Wildman–Crippen LogP) is 2.74. The number of rotatable bonds is 5. The van der Waals surface area contributed by atoms with E-state index in [0.29, 0.717) is 5.41 Å². The van der Waals surface area contributed by atoms with Gasteiger partial charge in [0.15, 0.2) is 0 Å². The molecule has 1 saturated carbocycles. The third-order valence-corrected chi connectivity index (χ3v) is 4.65. The van der Waals surface area contributed by atoms with Gasteiger partial charge in [0, 0.05) is 19.1 Å². The minimum Gasteiger partial charge on any atom is -0.314 e. The molecule has 2 atom stereocenters. The van der Waals surface area contributed by atoms with E-state index in [2.05, 4.69) is 37.9 Å². The monoisotopic (exact) mass is 238 g/mol. The average Bonchev–Trinajstić information content (AvgIpc) is 2.95. The van der Waals surface area contributed by atoms with Gasteiger partial charge in [0.05, 0.1) is 0 Å². The molecule has 2 nitrogen and oxygen atoms in total. The first-order valence-electron chi connectivity index (χ1n) is 7.41. The molecule has 1 aliphatic carbocycles. The SMILES string of the molecule is CC(CN1CCC(CNC2CC2)C1)C(C)(C)C. The van der Waals surface area contributed by atoms with Crippen molar-refractivity contribution in [2.75, 3.05) is 26.2 Å². The van der Waals surface area contributed by atoms with Crippen LogP contribution in [0.3, 0.4) is 0 Å². The van der Waals surface area contributed by atoms with Crippen molar-refractivity contribution in [1.29, 1.82) is 0 Å². The van der Waals surface area contributed by atoms with E-state index in [1.54, 1.807) is 0 Å². The van der Waals surface area contributed by atoms with Crippen molar-refractivity contribution in [3.05, 3.63) is 0 Å². The Balaban J connectivity index is 1.66. The fourth-order valence-corrected chi connectivity index (χ4v) is 2.53. The van der Waals surface area contributed by atoms with E-state index in [4.69, 9.17) is 0 Å². The van der Waals surface area contributed by atoms with Gasteiger partial charge in [-0.2, -0.15) is 0 Å². The fraction of sp³-hybridized carbons (Fsp3) is 1.00. The first kappa shape index (κ1) is 13.4. The van der Waals surface area contributed by atoms with Gasteiger partial charge < -0.3 is 10.2 Å². The Kier molecular flexibility index (Phi) is 4.14. The lowest BCUT2D eigenvalue weighted by atomic mass is 9.82. The zero-order chi connectivity index (χ0) is 12.5. The molecule has 0 amide bonds. The van der Waals surface area contributed by atoms with Crippen LogP contribution in [0.2, 0.25) is 0 Å². The van der Waals surface area contributed by atoms with Crippen LogP contribution in [0, 0.1) is 17.3 Å². The second-order valence-electron chi connectivity index (χ2n) is 7.36. The molecule has 1 saturated heterocycles. The molecule has 17 heavy (non-hydrogen) atoms. The molecular formula is C15H30N2. The van der Waals surface area contributed by atoms with Gasteiger partial charge in [-0.1, -0.05) is 27.7 Å². The highest BCUT2D eigenvalue weighted by Gasteiger charge is 2.29. The third kappa shape index (κ3) is 4.26. The van der Waals surface area contributed by atoms with Crippen LogP contribution in [0.15, 0.2) is 0 Å². The Morgan fingerprint density at radius 3 is 2.53 bits per heavy atom. The van der Waals surface area contributed by atoms with Crippen LogP contribution in [-0.4, -0.2) is 37.1 Å². The Morgan fingerprint density at radius 1 is 1.24 bits per heavy atom. The van der Waals surface area contributed by atoms with Gasteiger partial charge in [0.2, 0.25) is 0 Å². The van der Waals surface area contributed by atoms with Gasteiger partial charge in [0.1, 0.15) is 0 Å². The molecule has 2 rings (SSSR count). The van der Waals surface area contributed by atoms with Crippen molar-refractivity contribution >= 4 is 0 Å². The second-order valence-corrected chi connectivity index (χ2v) is 7.36. The summed E-state index contributed by atoms with van der Waals surface area (Å²) in [6.45, 7) is 14.7. The number of nitrogens with one attached hydrogen (secondary N) is 1. The van der Waals surface area contributed by atoms with Crippen LogP contribution in [-0.2, 0) is 0 Å². The summed E-state index contributed by atoms with van der Waals surface area (Å²) in [5.74, 6) is 1.69. The minimum absolute atomic E-state index is 0.449. The van der Waals surface area contributed by atoms with Gasteiger partial charge in [0.25, 0.3) is 0 Å². The summed E-state index contributed by atoms with van der Waals surface area (Å²) in [7, 11) is 0. The number of hydrogen-bond donors (Lipinski definition) is 1. The topological polar surface area (TPSA) is 15.3 Å². The van der Waals surface area contributed by atoms with E-state index in [9.17, 15) is 0 Å². The molecule has 1 aliphatic heterocycles.